The van der Waals surface area contributed by atoms with E-state index >= 15 is 0 Å². The van der Waals surface area contributed by atoms with E-state index in [0.29, 0.717) is 5.69 Å². The summed E-state index contributed by atoms with van der Waals surface area (Å²) < 4.78 is 0. The largest absolute Gasteiger partial charge is 0.506 e. The number of aliphatic hydroxyl groups is 2. The number of nitrogens with zero attached hydrogens (tertiary/aromatic N) is 1. The molecular formula is C11H15NO4S. The molecule has 1 aromatic rings. The van der Waals surface area contributed by atoms with Crippen LogP contribution in [0.4, 0.5) is 0 Å². The number of carbonyl (C=O) groups is 1. The van der Waals surface area contributed by atoms with Gasteiger partial charge in [0, 0.05) is 18.4 Å². The molecule has 0 saturated carbocycles. The topological polar surface area (TPSA) is 90.7 Å². The smallest absolute Gasteiger partial charge is 0.185 e. The summed E-state index contributed by atoms with van der Waals surface area (Å²) in [4.78, 5) is 14.7. The molecule has 17 heavy (non-hydrogen) atoms. The summed E-state index contributed by atoms with van der Waals surface area (Å²) in [6.45, 7) is 3.10. The van der Waals surface area contributed by atoms with Gasteiger partial charge in [0.15, 0.2) is 5.12 Å². The van der Waals surface area contributed by atoms with Gasteiger partial charge in [0.05, 0.1) is 6.10 Å². The molecular weight excluding hydrogens is 242 g/mol. The fraction of sp³-hybridized carbons (Fsp3) is 0.455. The number of pyridine rings is 1. The lowest BCUT2D eigenvalue weighted by atomic mass is 10.1. The number of aromatic hydroxyl groups is 1. The van der Waals surface area contributed by atoms with Crippen molar-refractivity contribution in [1.82, 2.24) is 4.98 Å². The van der Waals surface area contributed by atoms with Gasteiger partial charge in [-0.05, 0) is 19.1 Å². The fourth-order valence-electron chi connectivity index (χ4n) is 1.26. The summed E-state index contributed by atoms with van der Waals surface area (Å²) in [6, 6.07) is 3.01. The second kappa shape index (κ2) is 6.00. The van der Waals surface area contributed by atoms with Crippen molar-refractivity contribution in [2.45, 2.75) is 26.1 Å². The molecule has 0 amide bonds. The minimum atomic E-state index is -1.30. The van der Waals surface area contributed by atoms with Gasteiger partial charge in [-0.15, -0.1) is 0 Å². The number of thioether (sulfide) groups is 1. The van der Waals surface area contributed by atoms with Gasteiger partial charge in [-0.3, -0.25) is 9.78 Å². The van der Waals surface area contributed by atoms with Crippen molar-refractivity contribution >= 4 is 16.9 Å². The van der Waals surface area contributed by atoms with Crippen molar-refractivity contribution in [3.05, 3.63) is 23.5 Å². The molecule has 0 radical (unpaired) electrons. The van der Waals surface area contributed by atoms with E-state index in [1.807, 2.05) is 0 Å². The predicted octanol–water partition coefficient (Wildman–Crippen LogP) is 0.770. The summed E-state index contributed by atoms with van der Waals surface area (Å²) in [6.07, 6.45) is -2.45. The minimum absolute atomic E-state index is 0.0293. The molecule has 94 valence electrons. The van der Waals surface area contributed by atoms with E-state index in [9.17, 15) is 20.1 Å². The highest BCUT2D eigenvalue weighted by Crippen LogP contribution is 2.26. The Morgan fingerprint density at radius 3 is 2.71 bits per heavy atom. The molecule has 0 aliphatic carbocycles. The molecule has 0 bridgehead atoms. The zero-order valence-corrected chi connectivity index (χ0v) is 10.4. The van der Waals surface area contributed by atoms with Crippen molar-refractivity contribution in [2.75, 3.05) is 5.75 Å². The maximum absolute atomic E-state index is 10.7. The third kappa shape index (κ3) is 3.99. The van der Waals surface area contributed by atoms with Gasteiger partial charge in [-0.1, -0.05) is 11.8 Å². The van der Waals surface area contributed by atoms with Crippen molar-refractivity contribution in [3.8, 4) is 5.75 Å². The van der Waals surface area contributed by atoms with E-state index in [1.165, 1.54) is 13.0 Å². The number of aryl methyl sites for hydroxylation is 1. The van der Waals surface area contributed by atoms with Gasteiger partial charge < -0.3 is 15.3 Å². The van der Waals surface area contributed by atoms with Gasteiger partial charge in [-0.2, -0.15) is 0 Å². The molecule has 3 N–H and O–H groups in total. The van der Waals surface area contributed by atoms with Crippen molar-refractivity contribution < 1.29 is 20.1 Å². The lowest BCUT2D eigenvalue weighted by Gasteiger charge is -2.17. The highest BCUT2D eigenvalue weighted by Gasteiger charge is 2.23. The fourth-order valence-corrected chi connectivity index (χ4v) is 1.85. The summed E-state index contributed by atoms with van der Waals surface area (Å²) in [5.74, 6) is -0.110. The number of hydrogen-bond donors (Lipinski definition) is 3. The van der Waals surface area contributed by atoms with Crippen molar-refractivity contribution in [1.29, 1.82) is 0 Å². The number of hydrogen-bond acceptors (Lipinski definition) is 6. The van der Waals surface area contributed by atoms with E-state index in [1.54, 1.807) is 13.0 Å². The van der Waals surface area contributed by atoms with Crippen LogP contribution in [0.2, 0.25) is 0 Å². The molecule has 0 spiro atoms. The van der Waals surface area contributed by atoms with Gasteiger partial charge in [0.1, 0.15) is 17.5 Å². The Morgan fingerprint density at radius 2 is 2.12 bits per heavy atom. The Bertz CT molecular complexity index is 410. The highest BCUT2D eigenvalue weighted by atomic mass is 32.2. The van der Waals surface area contributed by atoms with Crippen LogP contribution in [0.25, 0.3) is 0 Å². The first-order chi connectivity index (χ1) is 7.91. The van der Waals surface area contributed by atoms with Crippen LogP contribution in [0.1, 0.15) is 24.4 Å². The Hall–Kier alpha value is -1.11. The van der Waals surface area contributed by atoms with Crippen LogP contribution >= 0.6 is 11.8 Å². The lowest BCUT2D eigenvalue weighted by Crippen LogP contribution is -2.22. The van der Waals surface area contributed by atoms with Crippen LogP contribution in [0.3, 0.4) is 0 Å². The second-order valence-electron chi connectivity index (χ2n) is 3.67. The number of rotatable bonds is 4. The van der Waals surface area contributed by atoms with Gasteiger partial charge in [0.2, 0.25) is 0 Å². The van der Waals surface area contributed by atoms with Crippen molar-refractivity contribution in [2.24, 2.45) is 0 Å². The third-order valence-electron chi connectivity index (χ3n) is 2.14. The molecule has 1 rings (SSSR count). The third-order valence-corrected chi connectivity index (χ3v) is 3.06. The van der Waals surface area contributed by atoms with Gasteiger partial charge in [0.25, 0.3) is 0 Å². The first-order valence-corrected chi connectivity index (χ1v) is 6.06. The maximum Gasteiger partial charge on any atom is 0.185 e. The standard InChI is InChI=1S/C11H15NO4S/c1-6-3-4-8(14)10(12-6)11(16)9(15)5-17-7(2)13/h3-4,9,11,14-16H,5H2,1-2H3. The van der Waals surface area contributed by atoms with Crippen LogP contribution in [-0.2, 0) is 4.79 Å². The quantitative estimate of drug-likeness (QED) is 0.738. The van der Waals surface area contributed by atoms with Gasteiger partial charge >= 0.3 is 0 Å². The normalized spacial score (nSPS) is 14.4. The van der Waals surface area contributed by atoms with Crippen molar-refractivity contribution in [3.63, 3.8) is 0 Å². The highest BCUT2D eigenvalue weighted by molar-refractivity contribution is 8.13. The molecule has 2 unspecified atom stereocenters. The van der Waals surface area contributed by atoms with E-state index < -0.39 is 12.2 Å². The van der Waals surface area contributed by atoms with E-state index in [0.717, 1.165) is 11.8 Å². The average molecular weight is 257 g/mol. The Labute approximate surface area is 104 Å². The molecule has 2 atom stereocenters. The first kappa shape index (κ1) is 14.0. The lowest BCUT2D eigenvalue weighted by molar-refractivity contribution is -0.109. The van der Waals surface area contributed by atoms with Crippen LogP contribution in [-0.4, -0.2) is 37.3 Å². The molecule has 0 aliphatic heterocycles. The average Bonchev–Trinajstić information content (AvgIpc) is 2.28. The number of aliphatic hydroxyl groups excluding tert-OH is 2. The zero-order chi connectivity index (χ0) is 13.0. The molecule has 1 aromatic heterocycles. The molecule has 0 aliphatic rings. The van der Waals surface area contributed by atoms with E-state index in [-0.39, 0.29) is 22.3 Å². The molecule has 0 aromatic carbocycles. The molecule has 0 saturated heterocycles. The molecule has 5 nitrogen and oxygen atoms in total. The Kier molecular flexibility index (Phi) is 4.92. The van der Waals surface area contributed by atoms with E-state index in [2.05, 4.69) is 4.98 Å². The van der Waals surface area contributed by atoms with Gasteiger partial charge in [-0.25, -0.2) is 0 Å². The summed E-state index contributed by atoms with van der Waals surface area (Å²) in [5, 5.41) is 28.9. The first-order valence-electron chi connectivity index (χ1n) is 5.08. The van der Waals surface area contributed by atoms with Crippen LogP contribution in [0, 0.1) is 6.92 Å². The maximum atomic E-state index is 10.7. The second-order valence-corrected chi connectivity index (χ2v) is 4.87. The Balaban J connectivity index is 2.77. The zero-order valence-electron chi connectivity index (χ0n) is 9.62. The number of carbonyl (C=O) groups excluding carboxylic acids is 1. The van der Waals surface area contributed by atoms with Crippen LogP contribution < -0.4 is 0 Å². The minimum Gasteiger partial charge on any atom is -0.506 e. The Morgan fingerprint density at radius 1 is 1.47 bits per heavy atom. The van der Waals surface area contributed by atoms with Crippen LogP contribution in [0.15, 0.2) is 12.1 Å². The SMILES string of the molecule is CC(=O)SCC(O)C(O)c1nc(C)ccc1O. The summed E-state index contributed by atoms with van der Waals surface area (Å²) >= 11 is 0.914. The molecule has 6 heteroatoms. The summed E-state index contributed by atoms with van der Waals surface area (Å²) in [7, 11) is 0. The van der Waals surface area contributed by atoms with E-state index in [4.69, 9.17) is 0 Å². The summed E-state index contributed by atoms with van der Waals surface area (Å²) in [5.41, 5.74) is 0.657. The molecule has 0 fully saturated rings. The molecule has 1 heterocycles. The predicted molar refractivity (Wildman–Crippen MR) is 64.7 cm³/mol. The monoisotopic (exact) mass is 257 g/mol. The number of aromatic nitrogens is 1. The van der Waals surface area contributed by atoms with Crippen LogP contribution in [0.5, 0.6) is 5.75 Å².